The molecule has 0 aromatic heterocycles. The molecule has 1 heterocycles. The minimum atomic E-state index is -0.183. The summed E-state index contributed by atoms with van der Waals surface area (Å²) in [5.41, 5.74) is 0.483. The van der Waals surface area contributed by atoms with Crippen molar-refractivity contribution in [3.63, 3.8) is 0 Å². The molecule has 0 aromatic carbocycles. The van der Waals surface area contributed by atoms with Gasteiger partial charge in [0.1, 0.15) is 0 Å². The minimum Gasteiger partial charge on any atom is -0.323 e. The summed E-state index contributed by atoms with van der Waals surface area (Å²) in [5, 5.41) is 2.51. The number of hydrogen-bond acceptors (Lipinski definition) is 2. The number of ketones is 1. The molecule has 1 aliphatic rings. The number of allylic oxidation sites excluding steroid dienone is 2. The maximum atomic E-state index is 10.9. The van der Waals surface area contributed by atoms with Gasteiger partial charge in [-0.25, -0.2) is 0 Å². The van der Waals surface area contributed by atoms with Crippen LogP contribution >= 0.6 is 0 Å². The number of Topliss-reactive ketones (excluding diaryl/α,β-unsaturated/α-hetero) is 1. The van der Waals surface area contributed by atoms with Gasteiger partial charge in [-0.05, 0) is 6.42 Å². The zero-order valence-corrected chi connectivity index (χ0v) is 6.52. The second-order valence-electron chi connectivity index (χ2n) is 2.55. The maximum Gasteiger partial charge on any atom is 0.232 e. The van der Waals surface area contributed by atoms with Crippen LogP contribution in [0.15, 0.2) is 11.8 Å². The van der Waals surface area contributed by atoms with Gasteiger partial charge in [0, 0.05) is 0 Å². The fourth-order valence-electron chi connectivity index (χ4n) is 0.959. The van der Waals surface area contributed by atoms with E-state index in [0.717, 1.165) is 12.8 Å². The van der Waals surface area contributed by atoms with Crippen molar-refractivity contribution < 1.29 is 9.59 Å². The molecule has 0 unspecified atom stereocenters. The first-order valence-corrected chi connectivity index (χ1v) is 3.77. The Kier molecular flexibility index (Phi) is 2.41. The van der Waals surface area contributed by atoms with Crippen molar-refractivity contribution in [3.8, 4) is 0 Å². The molecule has 3 heteroatoms. The van der Waals surface area contributed by atoms with Crippen LogP contribution in [0.1, 0.15) is 26.2 Å². The average molecular weight is 153 g/mol. The summed E-state index contributed by atoms with van der Waals surface area (Å²) in [7, 11) is 0. The number of carbonyl (C=O) groups is 2. The molecule has 0 aromatic rings. The Hall–Kier alpha value is -1.12. The fourth-order valence-corrected chi connectivity index (χ4v) is 0.959. The van der Waals surface area contributed by atoms with Crippen molar-refractivity contribution >= 4 is 11.7 Å². The van der Waals surface area contributed by atoms with Crippen molar-refractivity contribution in [3.05, 3.63) is 11.8 Å². The van der Waals surface area contributed by atoms with Gasteiger partial charge in [0.25, 0.3) is 0 Å². The first kappa shape index (κ1) is 7.98. The monoisotopic (exact) mass is 153 g/mol. The van der Waals surface area contributed by atoms with Gasteiger partial charge in [-0.2, -0.15) is 0 Å². The van der Waals surface area contributed by atoms with Gasteiger partial charge in [-0.1, -0.05) is 19.4 Å². The highest BCUT2D eigenvalue weighted by Gasteiger charge is 2.22. The highest BCUT2D eigenvalue weighted by Crippen LogP contribution is 2.07. The van der Waals surface area contributed by atoms with Crippen LogP contribution in [0.5, 0.6) is 0 Å². The molecule has 11 heavy (non-hydrogen) atoms. The molecule has 0 saturated carbocycles. The van der Waals surface area contributed by atoms with E-state index < -0.39 is 0 Å². The van der Waals surface area contributed by atoms with Crippen molar-refractivity contribution in [1.82, 2.24) is 5.32 Å². The molecular formula is C8H11NO2. The molecule has 1 N–H and O–H groups in total. The van der Waals surface area contributed by atoms with E-state index in [-0.39, 0.29) is 18.1 Å². The highest BCUT2D eigenvalue weighted by molar-refractivity contribution is 6.14. The molecular weight excluding hydrogens is 142 g/mol. The van der Waals surface area contributed by atoms with E-state index in [2.05, 4.69) is 5.32 Å². The van der Waals surface area contributed by atoms with Crippen LogP contribution in [0.3, 0.4) is 0 Å². The standard InChI is InChI=1S/C8H11NO2/c1-2-3-4-6-7(10)5-8(11)9-6/h4H,2-3,5H2,1H3,(H,9,11)/b6-4-. The molecule has 3 nitrogen and oxygen atoms in total. The Morgan fingerprint density at radius 3 is 2.73 bits per heavy atom. The molecule has 0 aliphatic carbocycles. The summed E-state index contributed by atoms with van der Waals surface area (Å²) in [5.74, 6) is -0.263. The van der Waals surface area contributed by atoms with Gasteiger partial charge < -0.3 is 5.32 Å². The van der Waals surface area contributed by atoms with Crippen LogP contribution in [-0.4, -0.2) is 11.7 Å². The molecule has 0 atom stereocenters. The lowest BCUT2D eigenvalue weighted by Gasteiger charge is -1.92. The van der Waals surface area contributed by atoms with Crippen LogP contribution in [0.4, 0.5) is 0 Å². The average Bonchev–Trinajstić information content (AvgIpc) is 2.26. The van der Waals surface area contributed by atoms with E-state index in [9.17, 15) is 9.59 Å². The molecule has 1 amide bonds. The Balaban J connectivity index is 2.59. The lowest BCUT2D eigenvalue weighted by Crippen LogP contribution is -2.12. The molecule has 1 rings (SSSR count). The van der Waals surface area contributed by atoms with Gasteiger partial charge in [-0.3, -0.25) is 9.59 Å². The maximum absolute atomic E-state index is 10.9. The van der Waals surface area contributed by atoms with E-state index in [1.165, 1.54) is 0 Å². The van der Waals surface area contributed by atoms with Crippen LogP contribution in [0, 0.1) is 0 Å². The molecule has 0 radical (unpaired) electrons. The van der Waals surface area contributed by atoms with Crippen molar-refractivity contribution in [2.75, 3.05) is 0 Å². The van der Waals surface area contributed by atoms with Gasteiger partial charge >= 0.3 is 0 Å². The van der Waals surface area contributed by atoms with Gasteiger partial charge in [0.2, 0.25) is 5.91 Å². The second-order valence-corrected chi connectivity index (χ2v) is 2.55. The zero-order chi connectivity index (χ0) is 8.27. The molecule has 0 spiro atoms. The van der Waals surface area contributed by atoms with Crippen molar-refractivity contribution in [2.24, 2.45) is 0 Å². The van der Waals surface area contributed by atoms with Crippen LogP contribution in [-0.2, 0) is 9.59 Å². The van der Waals surface area contributed by atoms with Gasteiger partial charge in [0.15, 0.2) is 5.78 Å². The summed E-state index contributed by atoms with van der Waals surface area (Å²) in [6.45, 7) is 2.03. The van der Waals surface area contributed by atoms with E-state index in [4.69, 9.17) is 0 Å². The van der Waals surface area contributed by atoms with Crippen LogP contribution in [0.2, 0.25) is 0 Å². The second kappa shape index (κ2) is 3.32. The lowest BCUT2D eigenvalue weighted by atomic mass is 10.2. The fraction of sp³-hybridized carbons (Fsp3) is 0.500. The summed E-state index contributed by atoms with van der Waals surface area (Å²) in [4.78, 5) is 21.6. The van der Waals surface area contributed by atoms with E-state index in [1.807, 2.05) is 6.92 Å². The summed E-state index contributed by atoms with van der Waals surface area (Å²) in [6.07, 6.45) is 3.65. The molecule has 1 saturated heterocycles. The smallest absolute Gasteiger partial charge is 0.232 e. The number of rotatable bonds is 2. The Labute approximate surface area is 65.5 Å². The van der Waals surface area contributed by atoms with E-state index >= 15 is 0 Å². The molecule has 60 valence electrons. The van der Waals surface area contributed by atoms with Gasteiger partial charge in [-0.15, -0.1) is 0 Å². The third-order valence-corrected chi connectivity index (χ3v) is 1.53. The van der Waals surface area contributed by atoms with E-state index in [0.29, 0.717) is 5.70 Å². The van der Waals surface area contributed by atoms with Crippen LogP contribution < -0.4 is 5.32 Å². The topological polar surface area (TPSA) is 46.2 Å². The predicted molar refractivity (Wildman–Crippen MR) is 40.8 cm³/mol. The molecule has 1 aliphatic heterocycles. The summed E-state index contributed by atoms with van der Waals surface area (Å²) >= 11 is 0. The number of unbranched alkanes of at least 4 members (excludes halogenated alkanes) is 1. The zero-order valence-electron chi connectivity index (χ0n) is 6.52. The van der Waals surface area contributed by atoms with Gasteiger partial charge in [0.05, 0.1) is 12.1 Å². The van der Waals surface area contributed by atoms with Crippen molar-refractivity contribution in [2.45, 2.75) is 26.2 Å². The quantitative estimate of drug-likeness (QED) is 0.470. The predicted octanol–water partition coefficient (Wildman–Crippen LogP) is 0.759. The number of nitrogens with one attached hydrogen (secondary N) is 1. The Morgan fingerprint density at radius 1 is 1.55 bits per heavy atom. The Morgan fingerprint density at radius 2 is 2.27 bits per heavy atom. The SMILES string of the molecule is CCC/C=C1\NC(=O)CC1=O. The van der Waals surface area contributed by atoms with E-state index in [1.54, 1.807) is 6.08 Å². The summed E-state index contributed by atoms with van der Waals surface area (Å²) in [6, 6.07) is 0. The Bertz CT molecular complexity index is 218. The third-order valence-electron chi connectivity index (χ3n) is 1.53. The molecule has 0 bridgehead atoms. The number of amides is 1. The molecule has 1 fully saturated rings. The van der Waals surface area contributed by atoms with Crippen LogP contribution in [0.25, 0.3) is 0 Å². The minimum absolute atomic E-state index is 0.0234. The number of carbonyl (C=O) groups excluding carboxylic acids is 2. The first-order chi connectivity index (χ1) is 5.24. The lowest BCUT2D eigenvalue weighted by molar-refractivity contribution is -0.121. The first-order valence-electron chi connectivity index (χ1n) is 3.77. The third kappa shape index (κ3) is 1.90. The largest absolute Gasteiger partial charge is 0.323 e. The highest BCUT2D eigenvalue weighted by atomic mass is 16.2. The normalized spacial score (nSPS) is 21.0. The number of hydrogen-bond donors (Lipinski definition) is 1. The van der Waals surface area contributed by atoms with Crippen molar-refractivity contribution in [1.29, 1.82) is 0 Å². The summed E-state index contributed by atoms with van der Waals surface area (Å²) < 4.78 is 0.